The highest BCUT2D eigenvalue weighted by Gasteiger charge is 2.13. The summed E-state index contributed by atoms with van der Waals surface area (Å²) in [6.45, 7) is 0. The average Bonchev–Trinajstić information content (AvgIpc) is 2.48. The molecule has 0 heterocycles. The van der Waals surface area contributed by atoms with Gasteiger partial charge in [-0.3, -0.25) is 0 Å². The fourth-order valence-electron chi connectivity index (χ4n) is 2.30. The van der Waals surface area contributed by atoms with Crippen LogP contribution in [0.25, 0.3) is 21.9 Å². The zero-order chi connectivity index (χ0) is 14.1. The monoisotopic (exact) mass is 279 g/mol. The van der Waals surface area contributed by atoms with Crippen molar-refractivity contribution >= 4 is 22.4 Å². The molecule has 96 valence electrons. The molecule has 0 aliphatic carbocycles. The molecule has 0 saturated heterocycles. The highest BCUT2D eigenvalue weighted by Crippen LogP contribution is 2.36. The molecule has 0 amide bonds. The van der Waals surface area contributed by atoms with Gasteiger partial charge < -0.3 is 5.11 Å². The van der Waals surface area contributed by atoms with Gasteiger partial charge in [0, 0.05) is 16.0 Å². The minimum Gasteiger partial charge on any atom is -0.506 e. The lowest BCUT2D eigenvalue weighted by molar-refractivity contribution is 0.480. The SMILES string of the molecule is N#Cc1c(-c2ccc(Cl)cc2)cc2ccccc2c1O. The molecule has 0 unspecified atom stereocenters. The second-order valence-electron chi connectivity index (χ2n) is 4.49. The molecule has 3 aromatic carbocycles. The average molecular weight is 280 g/mol. The van der Waals surface area contributed by atoms with E-state index >= 15 is 0 Å². The number of phenols is 1. The van der Waals surface area contributed by atoms with Gasteiger partial charge >= 0.3 is 0 Å². The molecule has 1 N–H and O–H groups in total. The predicted molar refractivity (Wildman–Crippen MR) is 80.8 cm³/mol. The Hall–Kier alpha value is -2.50. The van der Waals surface area contributed by atoms with Gasteiger partial charge in [-0.05, 0) is 29.1 Å². The highest BCUT2D eigenvalue weighted by atomic mass is 35.5. The van der Waals surface area contributed by atoms with Gasteiger partial charge in [-0.25, -0.2) is 0 Å². The van der Waals surface area contributed by atoms with E-state index < -0.39 is 0 Å². The van der Waals surface area contributed by atoms with Crippen molar-refractivity contribution in [2.75, 3.05) is 0 Å². The summed E-state index contributed by atoms with van der Waals surface area (Å²) in [5.41, 5.74) is 1.85. The van der Waals surface area contributed by atoms with Crippen molar-refractivity contribution < 1.29 is 5.11 Å². The minimum absolute atomic E-state index is 0.0237. The van der Waals surface area contributed by atoms with Gasteiger partial charge in [0.2, 0.25) is 0 Å². The standard InChI is InChI=1S/C17H10ClNO/c18-13-7-5-11(6-8-13)15-9-12-3-1-2-4-14(12)17(20)16(15)10-19/h1-9,20H. The zero-order valence-electron chi connectivity index (χ0n) is 10.5. The van der Waals surface area contributed by atoms with Crippen molar-refractivity contribution in [3.8, 4) is 22.9 Å². The normalized spacial score (nSPS) is 10.4. The van der Waals surface area contributed by atoms with Gasteiger partial charge in [-0.15, -0.1) is 0 Å². The maximum Gasteiger partial charge on any atom is 0.141 e. The van der Waals surface area contributed by atoms with E-state index in [4.69, 9.17) is 11.6 Å². The van der Waals surface area contributed by atoms with Crippen LogP contribution in [0.3, 0.4) is 0 Å². The van der Waals surface area contributed by atoms with Crippen molar-refractivity contribution in [3.05, 3.63) is 65.2 Å². The van der Waals surface area contributed by atoms with Gasteiger partial charge in [0.05, 0.1) is 0 Å². The van der Waals surface area contributed by atoms with Crippen LogP contribution in [0.1, 0.15) is 5.56 Å². The summed E-state index contributed by atoms with van der Waals surface area (Å²) in [6.07, 6.45) is 0. The maximum atomic E-state index is 10.3. The van der Waals surface area contributed by atoms with Crippen LogP contribution < -0.4 is 0 Å². The number of nitriles is 1. The first-order valence-corrected chi connectivity index (χ1v) is 6.49. The fourth-order valence-corrected chi connectivity index (χ4v) is 2.42. The van der Waals surface area contributed by atoms with E-state index in [1.807, 2.05) is 36.4 Å². The van der Waals surface area contributed by atoms with Crippen LogP contribution in [0.5, 0.6) is 5.75 Å². The molecule has 3 rings (SSSR count). The molecule has 20 heavy (non-hydrogen) atoms. The first kappa shape index (κ1) is 12.5. The summed E-state index contributed by atoms with van der Waals surface area (Å²) in [7, 11) is 0. The summed E-state index contributed by atoms with van der Waals surface area (Å²) < 4.78 is 0. The lowest BCUT2D eigenvalue weighted by Gasteiger charge is -2.10. The molecular formula is C17H10ClNO. The number of benzene rings is 3. The highest BCUT2D eigenvalue weighted by molar-refractivity contribution is 6.30. The van der Waals surface area contributed by atoms with Gasteiger partial charge in [0.25, 0.3) is 0 Å². The van der Waals surface area contributed by atoms with Gasteiger partial charge in [-0.1, -0.05) is 48.0 Å². The number of fused-ring (bicyclic) bond motifs is 1. The molecule has 3 heteroatoms. The number of hydrogen-bond donors (Lipinski definition) is 1. The van der Waals surface area contributed by atoms with Crippen molar-refractivity contribution in [2.45, 2.75) is 0 Å². The molecule has 0 radical (unpaired) electrons. The Labute approximate surface area is 121 Å². The molecule has 0 aliphatic rings. The summed E-state index contributed by atoms with van der Waals surface area (Å²) in [5.74, 6) is 0.0237. The second-order valence-corrected chi connectivity index (χ2v) is 4.92. The van der Waals surface area contributed by atoms with Crippen molar-refractivity contribution in [2.24, 2.45) is 0 Å². The molecule has 0 fully saturated rings. The van der Waals surface area contributed by atoms with Gasteiger partial charge in [-0.2, -0.15) is 5.26 Å². The predicted octanol–water partition coefficient (Wildman–Crippen LogP) is 4.74. The van der Waals surface area contributed by atoms with Crippen LogP contribution >= 0.6 is 11.6 Å². The van der Waals surface area contributed by atoms with E-state index in [1.165, 1.54) is 0 Å². The summed E-state index contributed by atoms with van der Waals surface area (Å²) >= 11 is 5.88. The first-order valence-electron chi connectivity index (χ1n) is 6.11. The number of halogens is 1. The zero-order valence-corrected chi connectivity index (χ0v) is 11.2. The van der Waals surface area contributed by atoms with Crippen LogP contribution in [0, 0.1) is 11.3 Å². The lowest BCUT2D eigenvalue weighted by atomic mass is 9.95. The Balaban J connectivity index is 2.35. The van der Waals surface area contributed by atoms with E-state index in [-0.39, 0.29) is 11.3 Å². The third-order valence-electron chi connectivity index (χ3n) is 3.29. The Morgan fingerprint density at radius 3 is 2.40 bits per heavy atom. The Morgan fingerprint density at radius 1 is 1.00 bits per heavy atom. The Kier molecular flexibility index (Phi) is 3.06. The third kappa shape index (κ3) is 1.99. The Bertz CT molecular complexity index is 832. The molecule has 0 saturated carbocycles. The summed E-state index contributed by atoms with van der Waals surface area (Å²) in [6, 6.07) is 18.7. The van der Waals surface area contributed by atoms with E-state index in [0.717, 1.165) is 10.9 Å². The quantitative estimate of drug-likeness (QED) is 0.699. The lowest BCUT2D eigenvalue weighted by Crippen LogP contribution is -1.87. The van der Waals surface area contributed by atoms with Gasteiger partial charge in [0.15, 0.2) is 0 Å². The van der Waals surface area contributed by atoms with Crippen LogP contribution in [-0.2, 0) is 0 Å². The number of hydrogen-bond acceptors (Lipinski definition) is 2. The summed E-state index contributed by atoms with van der Waals surface area (Å²) in [5, 5.41) is 21.9. The molecule has 0 atom stereocenters. The van der Waals surface area contributed by atoms with Crippen LogP contribution in [-0.4, -0.2) is 5.11 Å². The molecule has 3 aromatic rings. The maximum absolute atomic E-state index is 10.3. The summed E-state index contributed by atoms with van der Waals surface area (Å²) in [4.78, 5) is 0. The third-order valence-corrected chi connectivity index (χ3v) is 3.54. The molecule has 0 aliphatic heterocycles. The molecule has 0 bridgehead atoms. The molecule has 2 nitrogen and oxygen atoms in total. The first-order chi connectivity index (χ1) is 9.70. The minimum atomic E-state index is 0.0237. The van der Waals surface area contributed by atoms with Gasteiger partial charge in [0.1, 0.15) is 17.4 Å². The number of rotatable bonds is 1. The van der Waals surface area contributed by atoms with Crippen LogP contribution in [0.4, 0.5) is 0 Å². The Morgan fingerprint density at radius 2 is 1.70 bits per heavy atom. The van der Waals surface area contributed by atoms with Crippen molar-refractivity contribution in [3.63, 3.8) is 0 Å². The molecule has 0 spiro atoms. The largest absolute Gasteiger partial charge is 0.506 e. The van der Waals surface area contributed by atoms with Crippen LogP contribution in [0.2, 0.25) is 5.02 Å². The number of phenolic OH excluding ortho intramolecular Hbond substituents is 1. The van der Waals surface area contributed by atoms with E-state index in [0.29, 0.717) is 16.0 Å². The van der Waals surface area contributed by atoms with Crippen LogP contribution in [0.15, 0.2) is 54.6 Å². The van der Waals surface area contributed by atoms with Crippen molar-refractivity contribution in [1.29, 1.82) is 5.26 Å². The van der Waals surface area contributed by atoms with E-state index in [2.05, 4.69) is 6.07 Å². The molecule has 0 aromatic heterocycles. The van der Waals surface area contributed by atoms with E-state index in [9.17, 15) is 10.4 Å². The molecular weight excluding hydrogens is 270 g/mol. The van der Waals surface area contributed by atoms with Crippen molar-refractivity contribution in [1.82, 2.24) is 0 Å². The topological polar surface area (TPSA) is 44.0 Å². The number of nitrogens with zero attached hydrogens (tertiary/aromatic N) is 1. The smallest absolute Gasteiger partial charge is 0.141 e. The number of aromatic hydroxyl groups is 1. The van der Waals surface area contributed by atoms with E-state index in [1.54, 1.807) is 18.2 Å². The fraction of sp³-hybridized carbons (Fsp3) is 0. The second kappa shape index (κ2) is 4.88.